The van der Waals surface area contributed by atoms with E-state index in [1.54, 1.807) is 13.8 Å². The van der Waals surface area contributed by atoms with Gasteiger partial charge in [0.2, 0.25) is 23.6 Å². The summed E-state index contributed by atoms with van der Waals surface area (Å²) in [5, 5.41) is 27.9. The molecule has 0 radical (unpaired) electrons. The lowest BCUT2D eigenvalue weighted by Gasteiger charge is -2.26. The fraction of sp³-hybridized carbons (Fsp3) is 0.700. The number of nitrogens with two attached hydrogens (primary N) is 3. The van der Waals surface area contributed by atoms with Gasteiger partial charge >= 0.3 is 5.97 Å². The van der Waals surface area contributed by atoms with Crippen LogP contribution in [0.3, 0.4) is 0 Å². The summed E-state index contributed by atoms with van der Waals surface area (Å²) in [5.41, 5.74) is 16.2. The number of aliphatic hydroxyl groups excluding tert-OH is 1. The Balaban J connectivity index is 4.94. The van der Waals surface area contributed by atoms with Gasteiger partial charge in [-0.1, -0.05) is 13.8 Å². The van der Waals surface area contributed by atoms with Gasteiger partial charge in [-0.3, -0.25) is 29.0 Å². The molecule has 0 aromatic heterocycles. The molecule has 0 rings (SSSR count). The Hall–Kier alpha value is -3.46. The molecule has 15 nitrogen and oxygen atoms in total. The van der Waals surface area contributed by atoms with Gasteiger partial charge in [0, 0.05) is 6.54 Å². The highest BCUT2D eigenvalue weighted by atomic mass is 16.4. The van der Waals surface area contributed by atoms with Crippen molar-refractivity contribution in [1.29, 1.82) is 0 Å². The number of aliphatic imine (C=N–C) groups is 1. The zero-order valence-corrected chi connectivity index (χ0v) is 20.4. The van der Waals surface area contributed by atoms with Crippen LogP contribution < -0.4 is 38.5 Å². The summed E-state index contributed by atoms with van der Waals surface area (Å²) >= 11 is 0. The van der Waals surface area contributed by atoms with E-state index in [-0.39, 0.29) is 18.9 Å². The van der Waals surface area contributed by atoms with Crippen molar-refractivity contribution in [2.24, 2.45) is 28.1 Å². The van der Waals surface area contributed by atoms with E-state index in [2.05, 4.69) is 26.3 Å². The van der Waals surface area contributed by atoms with E-state index in [4.69, 9.17) is 22.3 Å². The van der Waals surface area contributed by atoms with Gasteiger partial charge in [-0.25, -0.2) is 0 Å². The second-order valence-electron chi connectivity index (χ2n) is 8.33. The van der Waals surface area contributed by atoms with Crippen molar-refractivity contribution >= 4 is 35.6 Å². The number of aliphatic carboxylic acids is 1. The minimum atomic E-state index is -1.43. The molecule has 0 unspecified atom stereocenters. The van der Waals surface area contributed by atoms with Crippen LogP contribution in [-0.2, 0) is 24.0 Å². The van der Waals surface area contributed by atoms with Crippen molar-refractivity contribution < 1.29 is 34.2 Å². The Morgan fingerprint density at radius 2 is 1.40 bits per heavy atom. The van der Waals surface area contributed by atoms with E-state index in [9.17, 15) is 29.1 Å². The zero-order chi connectivity index (χ0) is 27.3. The first-order chi connectivity index (χ1) is 16.2. The van der Waals surface area contributed by atoms with Crippen LogP contribution >= 0.6 is 0 Å². The number of aliphatic hydroxyl groups is 1. The summed E-state index contributed by atoms with van der Waals surface area (Å²) in [7, 11) is 0. The van der Waals surface area contributed by atoms with Gasteiger partial charge in [0.05, 0.1) is 12.6 Å². The lowest BCUT2D eigenvalue weighted by atomic mass is 10.0. The smallest absolute Gasteiger partial charge is 0.325 e. The predicted molar refractivity (Wildman–Crippen MR) is 127 cm³/mol. The molecule has 0 heterocycles. The summed E-state index contributed by atoms with van der Waals surface area (Å²) in [6, 6.07) is -5.75. The molecule has 200 valence electrons. The number of amides is 4. The van der Waals surface area contributed by atoms with Crippen molar-refractivity contribution in [3.63, 3.8) is 0 Å². The van der Waals surface area contributed by atoms with Gasteiger partial charge in [0.15, 0.2) is 5.96 Å². The first-order valence-electron chi connectivity index (χ1n) is 11.1. The first kappa shape index (κ1) is 31.5. The Bertz CT molecular complexity index is 785. The van der Waals surface area contributed by atoms with Gasteiger partial charge in [-0.2, -0.15) is 0 Å². The Morgan fingerprint density at radius 1 is 0.829 bits per heavy atom. The maximum absolute atomic E-state index is 12.6. The number of nitrogens with zero attached hydrogens (tertiary/aromatic N) is 1. The maximum Gasteiger partial charge on any atom is 0.325 e. The number of hydrogen-bond acceptors (Lipinski definition) is 8. The van der Waals surface area contributed by atoms with Crippen molar-refractivity contribution in [1.82, 2.24) is 21.3 Å². The van der Waals surface area contributed by atoms with Crippen LogP contribution in [0.15, 0.2) is 4.99 Å². The third-order valence-electron chi connectivity index (χ3n) is 4.85. The quantitative estimate of drug-likeness (QED) is 0.0596. The van der Waals surface area contributed by atoms with Crippen molar-refractivity contribution in [3.8, 4) is 0 Å². The highest BCUT2D eigenvalue weighted by Crippen LogP contribution is 2.04. The highest BCUT2D eigenvalue weighted by molar-refractivity contribution is 5.95. The highest BCUT2D eigenvalue weighted by Gasteiger charge is 2.31. The molecule has 12 N–H and O–H groups in total. The second kappa shape index (κ2) is 15.4. The number of rotatable bonds is 15. The number of carboxylic acids is 1. The van der Waals surface area contributed by atoms with Crippen LogP contribution in [0.4, 0.5) is 0 Å². The van der Waals surface area contributed by atoms with E-state index >= 15 is 0 Å². The number of hydrogen-bond donors (Lipinski definition) is 9. The Kier molecular flexibility index (Phi) is 13.9. The van der Waals surface area contributed by atoms with Gasteiger partial charge in [0.25, 0.3) is 0 Å². The predicted octanol–water partition coefficient (Wildman–Crippen LogP) is -3.92. The number of carbonyl (C=O) groups is 5. The molecule has 0 aliphatic rings. The summed E-state index contributed by atoms with van der Waals surface area (Å²) in [6.45, 7) is 5.38. The zero-order valence-electron chi connectivity index (χ0n) is 20.4. The molecule has 0 aromatic carbocycles. The first-order valence-corrected chi connectivity index (χ1v) is 11.1. The van der Waals surface area contributed by atoms with Gasteiger partial charge in [-0.15, -0.1) is 0 Å². The van der Waals surface area contributed by atoms with Crippen molar-refractivity contribution in [2.45, 2.75) is 70.7 Å². The van der Waals surface area contributed by atoms with Crippen LogP contribution in [0.2, 0.25) is 0 Å². The van der Waals surface area contributed by atoms with Crippen molar-refractivity contribution in [3.05, 3.63) is 0 Å². The van der Waals surface area contributed by atoms with E-state index in [1.807, 2.05) is 0 Å². The fourth-order valence-electron chi connectivity index (χ4n) is 2.68. The lowest BCUT2D eigenvalue weighted by Crippen LogP contribution is -2.59. The molecule has 0 bridgehead atoms. The summed E-state index contributed by atoms with van der Waals surface area (Å²) in [6.07, 6.45) is 0.702. The molecule has 0 spiro atoms. The molecule has 0 aliphatic carbocycles. The minimum absolute atomic E-state index is 0.0778. The number of nitrogens with one attached hydrogen (secondary N) is 4. The van der Waals surface area contributed by atoms with Crippen LogP contribution in [0.1, 0.15) is 40.5 Å². The SMILES string of the molecule is CC(C)[C@H](NC(=O)[C@H](CO)NC(=O)[C@H](C)NC(=O)[C@@H](N)CCCN=C(N)N)C(=O)N[C@@H](C)C(=O)O. The standard InChI is InChI=1S/C20H38N8O7/c1-9(2)14(18(33)26-11(4)19(34)35)28-17(32)13(8-29)27-15(30)10(3)25-16(31)12(21)6-5-7-24-20(22)23/h9-14,29H,5-8,21H2,1-4H3,(H,25,31)(H,26,33)(H,27,30)(H,28,32)(H,34,35)(H4,22,23,24)/t10-,11-,12-,13-,14-/m0/s1. The topological polar surface area (TPSA) is 264 Å². The molecule has 0 aliphatic heterocycles. The molecule has 0 aromatic rings. The normalized spacial score (nSPS) is 15.1. The second-order valence-corrected chi connectivity index (χ2v) is 8.33. The molecule has 35 heavy (non-hydrogen) atoms. The van der Waals surface area contributed by atoms with Gasteiger partial charge in [-0.05, 0) is 32.6 Å². The van der Waals surface area contributed by atoms with Gasteiger partial charge in [0.1, 0.15) is 24.2 Å². The third kappa shape index (κ3) is 12.0. The monoisotopic (exact) mass is 502 g/mol. The lowest BCUT2D eigenvalue weighted by molar-refractivity contribution is -0.142. The van der Waals surface area contributed by atoms with E-state index in [0.29, 0.717) is 6.42 Å². The molecular formula is C20H38N8O7. The number of carbonyl (C=O) groups excluding carboxylic acids is 4. The van der Waals surface area contributed by atoms with E-state index < -0.39 is 72.3 Å². The number of carboxylic acid groups (broad SMARTS) is 1. The molecule has 15 heteroatoms. The molecular weight excluding hydrogens is 464 g/mol. The van der Waals surface area contributed by atoms with Crippen LogP contribution in [0, 0.1) is 5.92 Å². The van der Waals surface area contributed by atoms with Crippen LogP contribution in [0.25, 0.3) is 0 Å². The Morgan fingerprint density at radius 3 is 1.89 bits per heavy atom. The third-order valence-corrected chi connectivity index (χ3v) is 4.85. The maximum atomic E-state index is 12.6. The summed E-state index contributed by atoms with van der Waals surface area (Å²) < 4.78 is 0. The molecule has 4 amide bonds. The van der Waals surface area contributed by atoms with E-state index in [1.165, 1.54) is 13.8 Å². The fourth-order valence-corrected chi connectivity index (χ4v) is 2.68. The average molecular weight is 503 g/mol. The van der Waals surface area contributed by atoms with E-state index in [0.717, 1.165) is 0 Å². The minimum Gasteiger partial charge on any atom is -0.480 e. The average Bonchev–Trinajstić information content (AvgIpc) is 2.77. The largest absolute Gasteiger partial charge is 0.480 e. The summed E-state index contributed by atoms with van der Waals surface area (Å²) in [4.78, 5) is 64.3. The molecule has 0 fully saturated rings. The Labute approximate surface area is 203 Å². The van der Waals surface area contributed by atoms with Crippen LogP contribution in [-0.4, -0.2) is 89.1 Å². The van der Waals surface area contributed by atoms with Gasteiger partial charge < -0.3 is 48.7 Å². The molecule has 0 saturated heterocycles. The molecule has 5 atom stereocenters. The molecule has 0 saturated carbocycles. The van der Waals surface area contributed by atoms with Crippen LogP contribution in [0.5, 0.6) is 0 Å². The summed E-state index contributed by atoms with van der Waals surface area (Å²) in [5.74, 6) is -4.74. The van der Waals surface area contributed by atoms with Crippen molar-refractivity contribution in [2.75, 3.05) is 13.2 Å². The number of guanidine groups is 1.